The summed E-state index contributed by atoms with van der Waals surface area (Å²) < 4.78 is 27.3. The first-order valence-corrected chi connectivity index (χ1v) is 39.0. The number of nitrogens with zero attached hydrogens (tertiary/aromatic N) is 16. The molecule has 612 valence electrons. The first-order chi connectivity index (χ1) is 56.9. The van der Waals surface area contributed by atoms with Gasteiger partial charge < -0.3 is 39.4 Å². The summed E-state index contributed by atoms with van der Waals surface area (Å²) in [5, 5.41) is 112. The molecule has 0 aliphatic heterocycles. The van der Waals surface area contributed by atoms with Gasteiger partial charge in [-0.2, -0.15) is 21.0 Å². The van der Waals surface area contributed by atoms with E-state index in [1.165, 1.54) is 55.9 Å². The molecule has 0 amide bonds. The minimum Gasteiger partial charge on any atom is -0.493 e. The third-order valence-corrected chi connectivity index (χ3v) is 24.7. The number of fused-ring (bicyclic) bond motifs is 5. The van der Waals surface area contributed by atoms with Crippen molar-refractivity contribution < 1.29 is 58.6 Å². The Morgan fingerprint density at radius 3 is 0.992 bits per heavy atom. The molecule has 5 fully saturated rings. The molecule has 4 heterocycles. The van der Waals surface area contributed by atoms with E-state index in [0.29, 0.717) is 61.2 Å². The van der Waals surface area contributed by atoms with Crippen LogP contribution in [-0.4, -0.2) is 88.0 Å². The molecule has 13 rings (SSSR count). The van der Waals surface area contributed by atoms with E-state index in [2.05, 4.69) is 54.8 Å². The smallest absolute Gasteiger partial charge is 0.340 e. The molecule has 0 spiro atoms. The maximum absolute atomic E-state index is 13.4. The Balaban J connectivity index is 0.000000219. The zero-order valence-electron chi connectivity index (χ0n) is 67.3. The number of carbonyl (C=O) groups excluding carboxylic acids is 4. The second kappa shape index (κ2) is 35.7. The van der Waals surface area contributed by atoms with Gasteiger partial charge in [-0.3, -0.25) is 37.4 Å². The van der Waals surface area contributed by atoms with E-state index in [9.17, 15) is 79.8 Å². The van der Waals surface area contributed by atoms with Crippen LogP contribution in [0.25, 0.3) is 0 Å². The van der Waals surface area contributed by atoms with Crippen molar-refractivity contribution in [2.45, 2.75) is 131 Å². The van der Waals surface area contributed by atoms with E-state index in [1.54, 1.807) is 97.1 Å². The summed E-state index contributed by atoms with van der Waals surface area (Å²) in [5.41, 5.74) is -1.17. The quantitative estimate of drug-likeness (QED) is 0.0313. The number of carbonyl (C=O) groups is 4. The van der Waals surface area contributed by atoms with Crippen LogP contribution in [0.15, 0.2) is 157 Å². The minimum atomic E-state index is -0.642. The molecule has 5 saturated carbocycles. The van der Waals surface area contributed by atoms with Crippen molar-refractivity contribution in [1.29, 1.82) is 21.0 Å². The summed E-state index contributed by atoms with van der Waals surface area (Å²) >= 11 is 0. The van der Waals surface area contributed by atoms with Crippen molar-refractivity contribution in [1.82, 2.24) is 18.3 Å². The summed E-state index contributed by atoms with van der Waals surface area (Å²) in [6.45, 7) is 11.1. The molecule has 32 heteroatoms. The van der Waals surface area contributed by atoms with Crippen LogP contribution in [0.4, 0.5) is 45.5 Å². The van der Waals surface area contributed by atoms with E-state index in [4.69, 9.17) is 18.9 Å². The zero-order chi connectivity index (χ0) is 85.6. The van der Waals surface area contributed by atoms with Gasteiger partial charge in [0.2, 0.25) is 23.5 Å². The molecule has 0 radical (unpaired) electrons. The van der Waals surface area contributed by atoms with Gasteiger partial charge in [-0.05, 0) is 206 Å². The molecular formula is C87H88N16O16. The van der Waals surface area contributed by atoms with Crippen LogP contribution in [0.1, 0.15) is 177 Å². The number of ether oxygens (including phenoxy) is 4. The third-order valence-electron chi connectivity index (χ3n) is 24.7. The normalized spacial score (nSPS) is 20.6. The number of rotatable bonds is 20. The fourth-order valence-corrected chi connectivity index (χ4v) is 17.6. The minimum absolute atomic E-state index is 0.00637. The molecule has 0 saturated heterocycles. The summed E-state index contributed by atoms with van der Waals surface area (Å²) in [4.78, 5) is 105. The van der Waals surface area contributed by atoms with E-state index in [0.717, 1.165) is 69.6 Å². The third kappa shape index (κ3) is 17.1. The van der Waals surface area contributed by atoms with Crippen LogP contribution in [0, 0.1) is 126 Å². The predicted octanol–water partition coefficient (Wildman–Crippen LogP) is 15.8. The Labute approximate surface area is 682 Å². The lowest BCUT2D eigenvalue weighted by molar-refractivity contribution is -0.0199. The van der Waals surface area contributed by atoms with Crippen LogP contribution in [-0.2, 0) is 47.1 Å². The van der Waals surface area contributed by atoms with E-state index >= 15 is 0 Å². The maximum Gasteiger partial charge on any atom is 0.340 e. The molecule has 6 atom stereocenters. The number of benzene rings is 4. The van der Waals surface area contributed by atoms with Gasteiger partial charge in [-0.25, -0.2) is 19.2 Å². The number of azo groups is 4. The summed E-state index contributed by atoms with van der Waals surface area (Å²) in [5.74, 6) is -1.12. The van der Waals surface area contributed by atoms with Crippen molar-refractivity contribution in [2.75, 3.05) is 13.2 Å². The van der Waals surface area contributed by atoms with E-state index < -0.39 is 69.6 Å². The van der Waals surface area contributed by atoms with Gasteiger partial charge in [-0.15, -0.1) is 40.9 Å². The van der Waals surface area contributed by atoms with Crippen molar-refractivity contribution in [3.8, 4) is 47.8 Å². The molecule has 5 aliphatic carbocycles. The fraction of sp³-hybridized carbons (Fsp3) is 0.402. The molecule has 5 aliphatic rings. The maximum atomic E-state index is 13.4. The summed E-state index contributed by atoms with van der Waals surface area (Å²) in [6.07, 6.45) is 9.60. The SMILES string of the molecule is Cc1c(C#N)c(O)n(C)c(=O)c1N=Nc1ccccc1C(=O)OC1CCC(C(C)(C)C2CCC(OC(=O)c3ccccc3N=Nc3c(C)c(C#N)c(O)n(C)c3=O)CC2)CC1.Cc1c(C#N)c(O)n(C)c(=O)c1N=Nc1ccccc1C(=O)OCC1CC2C3CC(COC(=O)c4ccccc4N=Nc4c(C)c(C#N)c(O)n(C)c4=O)C(C3)C2C1. The van der Waals surface area contributed by atoms with Gasteiger partial charge in [0, 0.05) is 50.4 Å². The monoisotopic (exact) mass is 1610 g/mol. The second-order valence-corrected chi connectivity index (χ2v) is 31.6. The number of hydrogen-bond donors (Lipinski definition) is 4. The van der Waals surface area contributed by atoms with Crippen molar-refractivity contribution in [2.24, 2.45) is 122 Å². The molecular weight excluding hydrogens is 1530 g/mol. The number of aromatic nitrogens is 4. The molecule has 8 aromatic rings. The molecule has 32 nitrogen and oxygen atoms in total. The molecule has 2 bridgehead atoms. The largest absolute Gasteiger partial charge is 0.493 e. The highest BCUT2D eigenvalue weighted by molar-refractivity contribution is 5.97. The van der Waals surface area contributed by atoms with Gasteiger partial charge in [0.05, 0.1) is 35.5 Å². The average Bonchev–Trinajstić information content (AvgIpc) is 1.59. The van der Waals surface area contributed by atoms with Crippen molar-refractivity contribution >= 4 is 69.4 Å². The lowest BCUT2D eigenvalue weighted by atomic mass is 9.60. The zero-order valence-corrected chi connectivity index (χ0v) is 67.3. The van der Waals surface area contributed by atoms with E-state index in [1.807, 2.05) is 24.3 Å². The summed E-state index contributed by atoms with van der Waals surface area (Å²) in [7, 11) is 5.29. The topological polar surface area (TPSA) is 468 Å². The Kier molecular flexibility index (Phi) is 25.4. The Bertz CT molecular complexity index is 5790. The van der Waals surface area contributed by atoms with Gasteiger partial charge in [0.25, 0.3) is 22.2 Å². The van der Waals surface area contributed by atoms with Crippen LogP contribution in [0.2, 0.25) is 0 Å². The standard InChI is InChI=1S/C45H48N8O8.C42H40N8O8/c1-25-33(23-46)39(54)52(5)41(56)37(25)50-48-35-13-9-7-11-31(35)43(58)60-29-19-15-27(16-20-29)45(3,4)28-17-21-30(22-18-28)61-44(59)32-12-8-10-14-36(32)49-51-38-26(2)34(24-47)40(55)53(6)42(38)57;1-21-31(17-43)37(51)49(3)39(53)35(21)47-45-33-11-7-5-9-26(33)41(55)57-19-23-13-28-24-15-25(29(16-24)30(28)14-23)20-58-42(56)27-10-6-8-12-34(27)46-48-36-22(2)32(18-44)38(52)50(4)40(36)54/h7-14,27-30,54-55H,15-22H2,1-6H3;5-12,23-25,28-30,51-52H,13-16,19-20H2,1-4H3. The van der Waals surface area contributed by atoms with Gasteiger partial charge in [0.1, 0.15) is 81.5 Å². The highest BCUT2D eigenvalue weighted by atomic mass is 16.6. The highest BCUT2D eigenvalue weighted by Crippen LogP contribution is 2.62. The number of nitriles is 4. The Morgan fingerprint density at radius 2 is 0.681 bits per heavy atom. The first kappa shape index (κ1) is 84.5. The van der Waals surface area contributed by atoms with Crippen LogP contribution in [0.5, 0.6) is 23.5 Å². The predicted molar refractivity (Wildman–Crippen MR) is 430 cm³/mol. The van der Waals surface area contributed by atoms with E-state index in [-0.39, 0.29) is 155 Å². The molecule has 4 N–H and O–H groups in total. The molecule has 4 aromatic heterocycles. The highest BCUT2D eigenvalue weighted by Gasteiger charge is 2.56. The van der Waals surface area contributed by atoms with Crippen LogP contribution in [0.3, 0.4) is 0 Å². The van der Waals surface area contributed by atoms with Crippen LogP contribution >= 0.6 is 0 Å². The first-order valence-electron chi connectivity index (χ1n) is 39.0. The molecule has 119 heavy (non-hydrogen) atoms. The summed E-state index contributed by atoms with van der Waals surface area (Å²) in [6, 6.07) is 33.6. The second-order valence-electron chi connectivity index (χ2n) is 31.6. The Morgan fingerprint density at radius 1 is 0.395 bits per heavy atom. The molecule has 4 aromatic carbocycles. The lowest BCUT2D eigenvalue weighted by Gasteiger charge is -2.46. The van der Waals surface area contributed by atoms with Gasteiger partial charge in [0.15, 0.2) is 22.7 Å². The number of hydrogen-bond acceptors (Lipinski definition) is 28. The number of aromatic hydroxyl groups is 4. The van der Waals surface area contributed by atoms with Crippen molar-refractivity contribution in [3.05, 3.63) is 205 Å². The van der Waals surface area contributed by atoms with Gasteiger partial charge >= 0.3 is 23.9 Å². The number of esters is 4. The fourth-order valence-electron chi connectivity index (χ4n) is 17.6. The van der Waals surface area contributed by atoms with Crippen molar-refractivity contribution in [3.63, 3.8) is 0 Å². The average molecular weight is 1610 g/mol. The Hall–Kier alpha value is -13.9. The van der Waals surface area contributed by atoms with Crippen LogP contribution < -0.4 is 22.2 Å². The number of pyridine rings is 4. The lowest BCUT2D eigenvalue weighted by Crippen LogP contribution is -2.39. The molecule has 6 unspecified atom stereocenters. The van der Waals surface area contributed by atoms with Gasteiger partial charge in [-0.1, -0.05) is 62.4 Å².